The second-order valence-corrected chi connectivity index (χ2v) is 11.9. The van der Waals surface area contributed by atoms with Gasteiger partial charge in [0.25, 0.3) is 20.0 Å². The number of halogens is 9. The molecular formula is C10H12F9N3O8S3. The molecule has 1 aliphatic heterocycles. The standard InChI is InChI=1S/C10H12F9N3O8S3/c11-7(12,8(13,14)31(25,26)20-32(27,28)10(17,18)19)9(15,16)33(29,30)22-3-1-21(2-4-22)5-6(23)24/h20H,1-5H2,(H,23,24). The first kappa shape index (κ1) is 29.6. The van der Waals surface area contributed by atoms with Gasteiger partial charge in [-0.15, -0.1) is 0 Å². The maximum atomic E-state index is 14.1. The predicted octanol–water partition coefficient (Wildman–Crippen LogP) is -0.392. The average Bonchev–Trinajstić information content (AvgIpc) is 2.59. The van der Waals surface area contributed by atoms with E-state index >= 15 is 0 Å². The van der Waals surface area contributed by atoms with Crippen LogP contribution in [0.3, 0.4) is 0 Å². The minimum atomic E-state index is -7.83. The first-order valence-corrected chi connectivity index (χ1v) is 12.2. The third kappa shape index (κ3) is 5.16. The molecule has 0 aliphatic carbocycles. The number of piperazine rings is 1. The zero-order chi connectivity index (χ0) is 26.5. The number of carboxylic acids is 1. The van der Waals surface area contributed by atoms with Crippen LogP contribution in [0.25, 0.3) is 0 Å². The van der Waals surface area contributed by atoms with Crippen LogP contribution in [-0.4, -0.2) is 100 Å². The van der Waals surface area contributed by atoms with Crippen molar-refractivity contribution < 1.29 is 74.7 Å². The summed E-state index contributed by atoms with van der Waals surface area (Å²) in [5.74, 6) is -8.95. The van der Waals surface area contributed by atoms with E-state index in [1.807, 2.05) is 0 Å². The van der Waals surface area contributed by atoms with E-state index in [4.69, 9.17) is 5.11 Å². The lowest BCUT2D eigenvalue weighted by Gasteiger charge is -2.37. The fourth-order valence-electron chi connectivity index (χ4n) is 2.23. The molecule has 0 saturated carbocycles. The summed E-state index contributed by atoms with van der Waals surface area (Å²) >= 11 is 0. The number of nitrogens with one attached hydrogen (secondary N) is 1. The molecule has 11 nitrogen and oxygen atoms in total. The Morgan fingerprint density at radius 2 is 1.18 bits per heavy atom. The summed E-state index contributed by atoms with van der Waals surface area (Å²) < 4.78 is 187. The van der Waals surface area contributed by atoms with Crippen LogP contribution in [0.5, 0.6) is 0 Å². The Labute approximate surface area is 179 Å². The van der Waals surface area contributed by atoms with Crippen molar-refractivity contribution >= 4 is 36.0 Å². The van der Waals surface area contributed by atoms with Gasteiger partial charge in [0.1, 0.15) is 0 Å². The lowest BCUT2D eigenvalue weighted by atomic mass is 10.3. The zero-order valence-corrected chi connectivity index (χ0v) is 17.8. The minimum absolute atomic E-state index is 0.498. The Morgan fingerprint density at radius 1 is 0.758 bits per heavy atom. The van der Waals surface area contributed by atoms with E-state index in [2.05, 4.69) is 0 Å². The third-order valence-electron chi connectivity index (χ3n) is 3.95. The van der Waals surface area contributed by atoms with Gasteiger partial charge in [-0.3, -0.25) is 9.69 Å². The van der Waals surface area contributed by atoms with Crippen LogP contribution in [-0.2, 0) is 34.9 Å². The van der Waals surface area contributed by atoms with E-state index in [1.165, 1.54) is 0 Å². The number of aliphatic carboxylic acids is 1. The molecule has 33 heavy (non-hydrogen) atoms. The van der Waals surface area contributed by atoms with Gasteiger partial charge in [-0.1, -0.05) is 4.13 Å². The predicted molar refractivity (Wildman–Crippen MR) is 86.4 cm³/mol. The van der Waals surface area contributed by atoms with Crippen molar-refractivity contribution in [3.8, 4) is 0 Å². The topological polar surface area (TPSA) is 158 Å². The number of carboxylic acid groups (broad SMARTS) is 1. The molecule has 23 heteroatoms. The van der Waals surface area contributed by atoms with Gasteiger partial charge >= 0.3 is 37.9 Å². The average molecular weight is 569 g/mol. The Bertz CT molecular complexity index is 1080. The van der Waals surface area contributed by atoms with Crippen LogP contribution < -0.4 is 4.13 Å². The molecule has 0 aromatic carbocycles. The summed E-state index contributed by atoms with van der Waals surface area (Å²) in [7, 11) is -22.0. The van der Waals surface area contributed by atoms with Crippen LogP contribution in [0.2, 0.25) is 0 Å². The van der Waals surface area contributed by atoms with Crippen molar-refractivity contribution in [3.05, 3.63) is 0 Å². The van der Waals surface area contributed by atoms with Crippen LogP contribution in [0.1, 0.15) is 0 Å². The normalized spacial score (nSPS) is 18.9. The summed E-state index contributed by atoms with van der Waals surface area (Å²) in [6, 6.07) is 0. The summed E-state index contributed by atoms with van der Waals surface area (Å²) in [6.07, 6.45) is 0. The molecule has 0 radical (unpaired) electrons. The molecule has 0 unspecified atom stereocenters. The number of hydrogen-bond acceptors (Lipinski definition) is 8. The van der Waals surface area contributed by atoms with E-state index in [1.54, 1.807) is 0 Å². The van der Waals surface area contributed by atoms with Gasteiger partial charge in [-0.05, 0) is 0 Å². The second-order valence-electron chi connectivity index (χ2n) is 6.22. The summed E-state index contributed by atoms with van der Waals surface area (Å²) in [6.45, 7) is -4.34. The van der Waals surface area contributed by atoms with Crippen LogP contribution in [0.15, 0.2) is 0 Å². The van der Waals surface area contributed by atoms with Crippen molar-refractivity contribution in [2.45, 2.75) is 21.9 Å². The highest BCUT2D eigenvalue weighted by Crippen LogP contribution is 2.51. The Balaban J connectivity index is 3.34. The first-order chi connectivity index (χ1) is 14.3. The molecule has 0 amide bonds. The quantitative estimate of drug-likeness (QED) is 0.353. The lowest BCUT2D eigenvalue weighted by molar-refractivity contribution is -0.245. The molecular weight excluding hydrogens is 557 g/mol. The highest BCUT2D eigenvalue weighted by molar-refractivity contribution is 8.05. The van der Waals surface area contributed by atoms with Crippen molar-refractivity contribution in [2.24, 2.45) is 0 Å². The van der Waals surface area contributed by atoms with Gasteiger partial charge in [-0.2, -0.15) is 43.8 Å². The minimum Gasteiger partial charge on any atom is -0.480 e. The summed E-state index contributed by atoms with van der Waals surface area (Å²) in [4.78, 5) is 11.5. The molecule has 1 saturated heterocycles. The van der Waals surface area contributed by atoms with Crippen molar-refractivity contribution in [1.29, 1.82) is 0 Å². The molecule has 2 N–H and O–H groups in total. The molecule has 1 rings (SSSR count). The molecule has 1 fully saturated rings. The summed E-state index contributed by atoms with van der Waals surface area (Å²) in [5, 5.41) is -5.82. The van der Waals surface area contributed by atoms with E-state index in [0.29, 0.717) is 0 Å². The van der Waals surface area contributed by atoms with Gasteiger partial charge in [-0.25, -0.2) is 25.3 Å². The third-order valence-corrected chi connectivity index (χ3v) is 9.19. The van der Waals surface area contributed by atoms with Gasteiger partial charge in [0, 0.05) is 26.2 Å². The SMILES string of the molecule is O=C(O)CN1CCN(S(=O)(=O)C(F)(F)C(F)(F)C(F)(F)S(=O)(=O)NS(=O)(=O)C(F)(F)F)CC1. The highest BCUT2D eigenvalue weighted by atomic mass is 32.3. The highest BCUT2D eigenvalue weighted by Gasteiger charge is 2.83. The van der Waals surface area contributed by atoms with E-state index in [0.717, 1.165) is 4.90 Å². The largest absolute Gasteiger partial charge is 0.512 e. The Hall–Kier alpha value is -1.43. The maximum absolute atomic E-state index is 14.1. The molecule has 0 bridgehead atoms. The van der Waals surface area contributed by atoms with E-state index < -0.39 is 99.1 Å². The molecule has 0 atom stereocenters. The molecule has 0 spiro atoms. The van der Waals surface area contributed by atoms with Gasteiger partial charge in [0.2, 0.25) is 0 Å². The van der Waals surface area contributed by atoms with Crippen LogP contribution in [0.4, 0.5) is 39.5 Å². The first-order valence-electron chi connectivity index (χ1n) is 7.77. The zero-order valence-electron chi connectivity index (χ0n) is 15.4. The number of nitrogens with zero attached hydrogens (tertiary/aromatic N) is 2. The van der Waals surface area contributed by atoms with Crippen molar-refractivity contribution in [3.63, 3.8) is 0 Å². The van der Waals surface area contributed by atoms with Crippen LogP contribution >= 0.6 is 0 Å². The second kappa shape index (κ2) is 8.66. The van der Waals surface area contributed by atoms with Crippen LogP contribution in [0, 0.1) is 0 Å². The van der Waals surface area contributed by atoms with Gasteiger partial charge < -0.3 is 5.11 Å². The maximum Gasteiger partial charge on any atom is 0.512 e. The monoisotopic (exact) mass is 569 g/mol. The number of hydrogen-bond donors (Lipinski definition) is 2. The molecule has 0 aromatic rings. The van der Waals surface area contributed by atoms with Crippen molar-refractivity contribution in [2.75, 3.05) is 32.7 Å². The van der Waals surface area contributed by atoms with Gasteiger partial charge in [0.05, 0.1) is 6.54 Å². The lowest BCUT2D eigenvalue weighted by Crippen LogP contribution is -2.66. The fourth-order valence-corrected chi connectivity index (χ4v) is 6.13. The molecule has 0 aromatic heterocycles. The Morgan fingerprint density at radius 3 is 1.55 bits per heavy atom. The summed E-state index contributed by atoms with van der Waals surface area (Å²) in [5.41, 5.74) is -6.66. The molecule has 196 valence electrons. The Kier molecular flexibility index (Phi) is 7.76. The number of sulfonamides is 3. The molecule has 1 aliphatic rings. The number of rotatable bonds is 9. The van der Waals surface area contributed by atoms with Crippen molar-refractivity contribution in [1.82, 2.24) is 13.3 Å². The fraction of sp³-hybridized carbons (Fsp3) is 0.900. The van der Waals surface area contributed by atoms with E-state index in [-0.39, 0.29) is 0 Å². The molecule has 1 heterocycles. The number of alkyl halides is 9. The smallest absolute Gasteiger partial charge is 0.480 e. The number of carbonyl (C=O) groups is 1. The van der Waals surface area contributed by atoms with E-state index in [9.17, 15) is 69.6 Å². The van der Waals surface area contributed by atoms with Gasteiger partial charge in [0.15, 0.2) is 0 Å².